The van der Waals surface area contributed by atoms with Crippen LogP contribution in [0.15, 0.2) is 24.5 Å². The zero-order valence-corrected chi connectivity index (χ0v) is 12.4. The number of nitrogens with zero attached hydrogens (tertiary/aromatic N) is 3. The molecule has 1 aliphatic carbocycles. The van der Waals surface area contributed by atoms with Gasteiger partial charge in [0.1, 0.15) is 12.9 Å². The average Bonchev–Trinajstić information content (AvgIpc) is 3.25. The van der Waals surface area contributed by atoms with Crippen LogP contribution in [0.2, 0.25) is 0 Å². The van der Waals surface area contributed by atoms with E-state index in [2.05, 4.69) is 21.5 Å². The van der Waals surface area contributed by atoms with Crippen LogP contribution in [0.5, 0.6) is 11.5 Å². The van der Waals surface area contributed by atoms with E-state index in [1.807, 2.05) is 19.2 Å². The molecule has 1 aliphatic rings. The number of nitrogens with one attached hydrogen (secondary N) is 1. The van der Waals surface area contributed by atoms with E-state index in [0.29, 0.717) is 12.6 Å². The smallest absolute Gasteiger partial charge is 0.164 e. The first-order valence-corrected chi connectivity index (χ1v) is 7.12. The summed E-state index contributed by atoms with van der Waals surface area (Å²) < 4.78 is 12.9. The molecule has 112 valence electrons. The second-order valence-electron chi connectivity index (χ2n) is 5.23. The van der Waals surface area contributed by atoms with Crippen LogP contribution in [0.3, 0.4) is 0 Å². The fraction of sp³-hybridized carbons (Fsp3) is 0.467. The van der Waals surface area contributed by atoms with E-state index in [4.69, 9.17) is 9.47 Å². The van der Waals surface area contributed by atoms with E-state index in [0.717, 1.165) is 23.9 Å². The summed E-state index contributed by atoms with van der Waals surface area (Å²) in [4.78, 5) is 4.14. The van der Waals surface area contributed by atoms with E-state index in [1.54, 1.807) is 11.8 Å². The molecule has 6 heteroatoms. The lowest BCUT2D eigenvalue weighted by Gasteiger charge is -2.12. The van der Waals surface area contributed by atoms with Gasteiger partial charge in [0, 0.05) is 19.6 Å². The first-order chi connectivity index (χ1) is 10.3. The standard InChI is InChI=1S/C15H20N4O2/c1-19-15(17-10-18-19)9-21-13-6-3-11(7-14(13)20-2)8-16-12-4-5-12/h3,6-7,10,12,16H,4-5,8-9H2,1-2H3. The SMILES string of the molecule is COc1cc(CNC2CC2)ccc1OCc1ncnn1C. The third kappa shape index (κ3) is 3.52. The maximum absolute atomic E-state index is 5.78. The number of aromatic nitrogens is 3. The third-order valence-electron chi connectivity index (χ3n) is 3.56. The topological polar surface area (TPSA) is 61.2 Å². The average molecular weight is 288 g/mol. The Kier molecular flexibility index (Phi) is 4.06. The maximum Gasteiger partial charge on any atom is 0.164 e. The van der Waals surface area contributed by atoms with Gasteiger partial charge in [-0.3, -0.25) is 4.68 Å². The maximum atomic E-state index is 5.78. The molecule has 0 saturated heterocycles. The number of ether oxygens (including phenoxy) is 2. The van der Waals surface area contributed by atoms with Crippen LogP contribution in [0.25, 0.3) is 0 Å². The molecule has 2 aromatic rings. The fourth-order valence-corrected chi connectivity index (χ4v) is 2.08. The highest BCUT2D eigenvalue weighted by Crippen LogP contribution is 2.29. The molecule has 21 heavy (non-hydrogen) atoms. The molecule has 0 radical (unpaired) electrons. The number of aryl methyl sites for hydroxylation is 1. The molecule has 0 unspecified atom stereocenters. The Balaban J connectivity index is 1.64. The molecule has 0 aliphatic heterocycles. The second kappa shape index (κ2) is 6.13. The lowest BCUT2D eigenvalue weighted by atomic mass is 10.2. The molecule has 0 spiro atoms. The Morgan fingerprint density at radius 2 is 2.19 bits per heavy atom. The van der Waals surface area contributed by atoms with Crippen LogP contribution in [0, 0.1) is 0 Å². The summed E-state index contributed by atoms with van der Waals surface area (Å²) in [5, 5.41) is 7.51. The van der Waals surface area contributed by atoms with Gasteiger partial charge in [-0.1, -0.05) is 6.07 Å². The van der Waals surface area contributed by atoms with Crippen molar-refractivity contribution in [1.82, 2.24) is 20.1 Å². The van der Waals surface area contributed by atoms with Gasteiger partial charge < -0.3 is 14.8 Å². The summed E-state index contributed by atoms with van der Waals surface area (Å²) in [6.45, 7) is 1.23. The van der Waals surface area contributed by atoms with Crippen LogP contribution in [0.1, 0.15) is 24.2 Å². The summed E-state index contributed by atoms with van der Waals surface area (Å²) >= 11 is 0. The largest absolute Gasteiger partial charge is 0.493 e. The van der Waals surface area contributed by atoms with Gasteiger partial charge in [-0.2, -0.15) is 5.10 Å². The zero-order valence-electron chi connectivity index (χ0n) is 12.4. The van der Waals surface area contributed by atoms with Gasteiger partial charge in [0.05, 0.1) is 7.11 Å². The molecule has 6 nitrogen and oxygen atoms in total. The highest BCUT2D eigenvalue weighted by Gasteiger charge is 2.20. The van der Waals surface area contributed by atoms with Crippen molar-refractivity contribution in [1.29, 1.82) is 0 Å². The van der Waals surface area contributed by atoms with Gasteiger partial charge >= 0.3 is 0 Å². The minimum atomic E-state index is 0.368. The van der Waals surface area contributed by atoms with Crippen molar-refractivity contribution in [3.05, 3.63) is 35.9 Å². The normalized spacial score (nSPS) is 14.2. The lowest BCUT2D eigenvalue weighted by Crippen LogP contribution is -2.15. The summed E-state index contributed by atoms with van der Waals surface area (Å²) in [7, 11) is 3.50. The molecule has 1 aromatic heterocycles. The van der Waals surface area contributed by atoms with Gasteiger partial charge in [-0.25, -0.2) is 4.98 Å². The third-order valence-corrected chi connectivity index (χ3v) is 3.56. The van der Waals surface area contributed by atoms with E-state index in [-0.39, 0.29) is 0 Å². The summed E-state index contributed by atoms with van der Waals surface area (Å²) in [6, 6.07) is 6.72. The van der Waals surface area contributed by atoms with Crippen LogP contribution < -0.4 is 14.8 Å². The monoisotopic (exact) mass is 288 g/mol. The number of rotatable bonds is 7. The van der Waals surface area contributed by atoms with Gasteiger partial charge in [-0.05, 0) is 30.5 Å². The van der Waals surface area contributed by atoms with Gasteiger partial charge in [0.25, 0.3) is 0 Å². The van der Waals surface area contributed by atoms with Crippen LogP contribution in [-0.2, 0) is 20.2 Å². The molecule has 1 heterocycles. The Hall–Kier alpha value is -2.08. The predicted octanol–water partition coefficient (Wildman–Crippen LogP) is 1.65. The Morgan fingerprint density at radius 3 is 2.86 bits per heavy atom. The minimum absolute atomic E-state index is 0.368. The number of hydrogen-bond acceptors (Lipinski definition) is 5. The molecule has 1 aromatic carbocycles. The van der Waals surface area contributed by atoms with Gasteiger partial charge in [0.2, 0.25) is 0 Å². The Bertz CT molecular complexity index is 607. The second-order valence-corrected chi connectivity index (χ2v) is 5.23. The highest BCUT2D eigenvalue weighted by atomic mass is 16.5. The molecule has 3 rings (SSSR count). The van der Waals surface area contributed by atoms with Crippen LogP contribution >= 0.6 is 0 Å². The summed E-state index contributed by atoms with van der Waals surface area (Å²) in [5.74, 6) is 2.24. The van der Waals surface area contributed by atoms with Crippen molar-refractivity contribution in [3.63, 3.8) is 0 Å². The molecule has 0 bridgehead atoms. The summed E-state index contributed by atoms with van der Waals surface area (Å²) in [5.41, 5.74) is 1.20. The Labute approximate surface area is 124 Å². The quantitative estimate of drug-likeness (QED) is 0.839. The first kappa shape index (κ1) is 13.9. The minimum Gasteiger partial charge on any atom is -0.493 e. The van der Waals surface area contributed by atoms with Crippen molar-refractivity contribution in [2.75, 3.05) is 7.11 Å². The van der Waals surface area contributed by atoms with Gasteiger partial charge in [-0.15, -0.1) is 0 Å². The van der Waals surface area contributed by atoms with Crippen molar-refractivity contribution in [2.24, 2.45) is 7.05 Å². The molecular formula is C15H20N4O2. The molecule has 1 saturated carbocycles. The van der Waals surface area contributed by atoms with Crippen LogP contribution in [0.4, 0.5) is 0 Å². The zero-order chi connectivity index (χ0) is 14.7. The predicted molar refractivity (Wildman–Crippen MR) is 78.2 cm³/mol. The van der Waals surface area contributed by atoms with E-state index in [1.165, 1.54) is 24.7 Å². The van der Waals surface area contributed by atoms with E-state index in [9.17, 15) is 0 Å². The van der Waals surface area contributed by atoms with Crippen molar-refractivity contribution >= 4 is 0 Å². The molecule has 0 amide bonds. The first-order valence-electron chi connectivity index (χ1n) is 7.12. The van der Waals surface area contributed by atoms with Crippen molar-refractivity contribution < 1.29 is 9.47 Å². The molecule has 1 fully saturated rings. The van der Waals surface area contributed by atoms with Crippen molar-refractivity contribution in [2.45, 2.75) is 32.0 Å². The van der Waals surface area contributed by atoms with E-state index >= 15 is 0 Å². The molecule has 1 N–H and O–H groups in total. The lowest BCUT2D eigenvalue weighted by molar-refractivity contribution is 0.271. The molecular weight excluding hydrogens is 268 g/mol. The van der Waals surface area contributed by atoms with Crippen LogP contribution in [-0.4, -0.2) is 27.9 Å². The molecule has 0 atom stereocenters. The fourth-order valence-electron chi connectivity index (χ4n) is 2.08. The Morgan fingerprint density at radius 1 is 1.33 bits per heavy atom. The summed E-state index contributed by atoms with van der Waals surface area (Å²) in [6.07, 6.45) is 4.09. The number of hydrogen-bond donors (Lipinski definition) is 1. The highest BCUT2D eigenvalue weighted by molar-refractivity contribution is 5.43. The number of methoxy groups -OCH3 is 1. The number of benzene rings is 1. The van der Waals surface area contributed by atoms with Crippen molar-refractivity contribution in [3.8, 4) is 11.5 Å². The van der Waals surface area contributed by atoms with Gasteiger partial charge in [0.15, 0.2) is 17.3 Å². The van der Waals surface area contributed by atoms with E-state index < -0.39 is 0 Å².